The molecular weight excluding hydrogens is 503 g/mol. The SMILES string of the molecule is CC[C@@H]1OCC(=O)[C@H]1NC(=O)[C@H](CC1(C)CCCC1)NC(=O)c1ccc(NS(=O)(=O)C(F)(F)F)cc1. The van der Waals surface area contributed by atoms with E-state index in [4.69, 9.17) is 4.74 Å². The minimum atomic E-state index is -5.60. The summed E-state index contributed by atoms with van der Waals surface area (Å²) in [4.78, 5) is 38.3. The molecule has 3 rings (SSSR count). The number of benzene rings is 1. The molecule has 1 aliphatic heterocycles. The van der Waals surface area contributed by atoms with E-state index in [1.54, 1.807) is 0 Å². The Morgan fingerprint density at radius 1 is 1.17 bits per heavy atom. The van der Waals surface area contributed by atoms with Crippen molar-refractivity contribution < 1.29 is 40.7 Å². The zero-order valence-electron chi connectivity index (χ0n) is 20.0. The smallest absolute Gasteiger partial charge is 0.368 e. The lowest BCUT2D eigenvalue weighted by molar-refractivity contribution is -0.128. The monoisotopic (exact) mass is 533 g/mol. The number of carbonyl (C=O) groups is 3. The van der Waals surface area contributed by atoms with E-state index in [-0.39, 0.29) is 29.1 Å². The van der Waals surface area contributed by atoms with Gasteiger partial charge in [0.2, 0.25) is 5.91 Å². The number of alkyl halides is 3. The van der Waals surface area contributed by atoms with Crippen LogP contribution >= 0.6 is 0 Å². The van der Waals surface area contributed by atoms with Gasteiger partial charge in [0, 0.05) is 11.3 Å². The van der Waals surface area contributed by atoms with Crippen molar-refractivity contribution in [3.8, 4) is 0 Å². The first kappa shape index (κ1) is 27.9. The van der Waals surface area contributed by atoms with Crippen molar-refractivity contribution in [3.05, 3.63) is 29.8 Å². The quantitative estimate of drug-likeness (QED) is 0.448. The molecule has 1 aromatic rings. The number of carbonyl (C=O) groups excluding carboxylic acids is 3. The lowest BCUT2D eigenvalue weighted by atomic mass is 9.81. The van der Waals surface area contributed by atoms with Gasteiger partial charge in [-0.3, -0.25) is 19.1 Å². The van der Waals surface area contributed by atoms with E-state index in [0.717, 1.165) is 49.9 Å². The largest absolute Gasteiger partial charge is 0.516 e. The van der Waals surface area contributed by atoms with Crippen LogP contribution in [0.1, 0.15) is 62.7 Å². The van der Waals surface area contributed by atoms with Crippen LogP contribution in [0, 0.1) is 5.41 Å². The molecule has 9 nitrogen and oxygen atoms in total. The number of halogens is 3. The second-order valence-corrected chi connectivity index (χ2v) is 11.3. The third-order valence-electron chi connectivity index (χ3n) is 6.69. The van der Waals surface area contributed by atoms with Gasteiger partial charge in [0.1, 0.15) is 18.7 Å². The Morgan fingerprint density at radius 2 is 1.78 bits per heavy atom. The first-order valence-corrected chi connectivity index (χ1v) is 13.2. The van der Waals surface area contributed by atoms with Crippen molar-refractivity contribution in [2.24, 2.45) is 5.41 Å². The van der Waals surface area contributed by atoms with Crippen LogP contribution in [0.3, 0.4) is 0 Å². The molecule has 1 saturated carbocycles. The molecule has 0 radical (unpaired) electrons. The highest BCUT2D eigenvalue weighted by Gasteiger charge is 2.46. The molecule has 2 aliphatic rings. The Bertz CT molecular complexity index is 1090. The Hall–Kier alpha value is -2.67. The predicted octanol–water partition coefficient (Wildman–Crippen LogP) is 2.88. The number of rotatable bonds is 9. The maximum absolute atomic E-state index is 13.2. The van der Waals surface area contributed by atoms with Crippen LogP contribution in [0.5, 0.6) is 0 Å². The number of sulfonamides is 1. The average Bonchev–Trinajstić information content (AvgIpc) is 3.38. The Kier molecular flexibility index (Phi) is 8.33. The lowest BCUT2D eigenvalue weighted by Crippen LogP contribution is -2.54. The van der Waals surface area contributed by atoms with Crippen LogP contribution in [0.2, 0.25) is 0 Å². The molecular formula is C23H30F3N3O6S. The molecule has 0 spiro atoms. The third kappa shape index (κ3) is 6.55. The molecule has 0 bridgehead atoms. The number of amides is 2. The molecule has 1 heterocycles. The molecule has 13 heteroatoms. The Labute approximate surface area is 207 Å². The maximum Gasteiger partial charge on any atom is 0.516 e. The second-order valence-electron chi connectivity index (χ2n) is 9.59. The summed E-state index contributed by atoms with van der Waals surface area (Å²) < 4.78 is 67.1. The maximum atomic E-state index is 13.2. The van der Waals surface area contributed by atoms with Gasteiger partial charge in [-0.2, -0.15) is 21.6 Å². The first-order chi connectivity index (χ1) is 16.7. The van der Waals surface area contributed by atoms with E-state index < -0.39 is 45.5 Å². The Morgan fingerprint density at radius 3 is 2.33 bits per heavy atom. The molecule has 1 aromatic carbocycles. The van der Waals surface area contributed by atoms with E-state index in [0.29, 0.717) is 12.8 Å². The van der Waals surface area contributed by atoms with E-state index in [1.807, 2.05) is 13.8 Å². The van der Waals surface area contributed by atoms with Crippen LogP contribution in [-0.2, 0) is 24.3 Å². The minimum absolute atomic E-state index is 0.0195. The van der Waals surface area contributed by atoms with Crippen molar-refractivity contribution in [3.63, 3.8) is 0 Å². The van der Waals surface area contributed by atoms with Gasteiger partial charge in [-0.25, -0.2) is 0 Å². The zero-order chi connectivity index (χ0) is 26.7. The van der Waals surface area contributed by atoms with Crippen molar-refractivity contribution in [2.75, 3.05) is 11.3 Å². The normalized spacial score (nSPS) is 22.8. The topological polar surface area (TPSA) is 131 Å². The van der Waals surface area contributed by atoms with Crippen LogP contribution in [0.25, 0.3) is 0 Å². The van der Waals surface area contributed by atoms with E-state index in [2.05, 4.69) is 10.6 Å². The number of ketones is 1. The van der Waals surface area contributed by atoms with E-state index >= 15 is 0 Å². The van der Waals surface area contributed by atoms with Crippen LogP contribution in [-0.4, -0.2) is 56.3 Å². The highest BCUT2D eigenvalue weighted by molar-refractivity contribution is 7.93. The Balaban J connectivity index is 1.74. The molecule has 1 aliphatic carbocycles. The standard InChI is InChI=1S/C23H30F3N3O6S/c1-3-18-19(17(30)13-35-18)28-21(32)16(12-22(2)10-4-5-11-22)27-20(31)14-6-8-15(9-7-14)29-36(33,34)23(24,25)26/h6-9,16,18-19,29H,3-5,10-13H2,1-2H3,(H,27,31)(H,28,32)/t16-,18-,19+/m0/s1. The van der Waals surface area contributed by atoms with Crippen molar-refractivity contribution in [1.29, 1.82) is 0 Å². The summed E-state index contributed by atoms with van der Waals surface area (Å²) in [7, 11) is -5.60. The zero-order valence-corrected chi connectivity index (χ0v) is 20.8. The molecule has 2 fully saturated rings. The van der Waals surface area contributed by atoms with Gasteiger partial charge >= 0.3 is 15.5 Å². The minimum Gasteiger partial charge on any atom is -0.368 e. The fourth-order valence-corrected chi connectivity index (χ4v) is 5.20. The molecule has 36 heavy (non-hydrogen) atoms. The molecule has 3 N–H and O–H groups in total. The van der Waals surface area contributed by atoms with Gasteiger partial charge in [0.05, 0.1) is 6.10 Å². The summed E-state index contributed by atoms with van der Waals surface area (Å²) in [6.45, 7) is 3.77. The van der Waals surface area contributed by atoms with Gasteiger partial charge < -0.3 is 15.4 Å². The van der Waals surface area contributed by atoms with Gasteiger partial charge in [0.25, 0.3) is 5.91 Å². The fraction of sp³-hybridized carbons (Fsp3) is 0.609. The molecule has 0 unspecified atom stereocenters. The van der Waals surface area contributed by atoms with Crippen molar-refractivity contribution in [2.45, 2.75) is 76.1 Å². The number of Topliss-reactive ketones (excluding diaryl/α,β-unsaturated/α-hetero) is 1. The summed E-state index contributed by atoms with van der Waals surface area (Å²) in [5.74, 6) is -1.43. The first-order valence-electron chi connectivity index (χ1n) is 11.7. The van der Waals surface area contributed by atoms with Crippen molar-refractivity contribution in [1.82, 2.24) is 10.6 Å². The number of anilines is 1. The summed E-state index contributed by atoms with van der Waals surface area (Å²) in [6.07, 6.45) is 4.17. The van der Waals surface area contributed by atoms with Gasteiger partial charge in [-0.1, -0.05) is 26.7 Å². The summed E-state index contributed by atoms with van der Waals surface area (Å²) in [5.41, 5.74) is -6.02. The number of hydrogen-bond acceptors (Lipinski definition) is 6. The number of hydrogen-bond donors (Lipinski definition) is 3. The average molecular weight is 534 g/mol. The second kappa shape index (κ2) is 10.8. The van der Waals surface area contributed by atoms with E-state index in [1.165, 1.54) is 4.72 Å². The lowest BCUT2D eigenvalue weighted by Gasteiger charge is -2.30. The molecule has 3 atom stereocenters. The fourth-order valence-electron chi connectivity index (χ4n) is 4.64. The highest BCUT2D eigenvalue weighted by Crippen LogP contribution is 2.41. The van der Waals surface area contributed by atoms with Crippen LogP contribution < -0.4 is 15.4 Å². The third-order valence-corrected chi connectivity index (χ3v) is 7.81. The number of ether oxygens (including phenoxy) is 1. The van der Waals surface area contributed by atoms with Gasteiger partial charge in [-0.05, 0) is 55.4 Å². The summed E-state index contributed by atoms with van der Waals surface area (Å²) in [5, 5.41) is 5.39. The molecule has 0 aromatic heterocycles. The summed E-state index contributed by atoms with van der Waals surface area (Å²) in [6, 6.07) is 2.57. The van der Waals surface area contributed by atoms with E-state index in [9.17, 15) is 36.0 Å². The highest BCUT2D eigenvalue weighted by atomic mass is 32.2. The molecule has 2 amide bonds. The number of nitrogens with one attached hydrogen (secondary N) is 3. The van der Waals surface area contributed by atoms with Crippen LogP contribution in [0.15, 0.2) is 24.3 Å². The van der Waals surface area contributed by atoms with Gasteiger partial charge in [-0.15, -0.1) is 0 Å². The van der Waals surface area contributed by atoms with Crippen molar-refractivity contribution >= 4 is 33.3 Å². The summed E-state index contributed by atoms with van der Waals surface area (Å²) >= 11 is 0. The molecule has 1 saturated heterocycles. The van der Waals surface area contributed by atoms with Crippen LogP contribution in [0.4, 0.5) is 18.9 Å². The predicted molar refractivity (Wildman–Crippen MR) is 124 cm³/mol. The molecule has 200 valence electrons. The van der Waals surface area contributed by atoms with Gasteiger partial charge in [0.15, 0.2) is 5.78 Å².